The van der Waals surface area contributed by atoms with Gasteiger partial charge in [-0.15, -0.1) is 0 Å². The third kappa shape index (κ3) is 111. The van der Waals surface area contributed by atoms with E-state index >= 15 is 0 Å². The Kier molecular flexibility index (Phi) is 111. The van der Waals surface area contributed by atoms with Crippen LogP contribution in [-0.2, 0) is 0 Å². The van der Waals surface area contributed by atoms with Gasteiger partial charge < -0.3 is 20.4 Å². The van der Waals surface area contributed by atoms with Crippen LogP contribution in [0.2, 0.25) is 0 Å². The number of aliphatic hydroxyl groups is 4. The van der Waals surface area contributed by atoms with Gasteiger partial charge in [0.05, 0.1) is 0 Å². The van der Waals surface area contributed by atoms with E-state index in [4.69, 9.17) is 20.4 Å². The van der Waals surface area contributed by atoms with Crippen LogP contribution in [0.5, 0.6) is 0 Å². The molecule has 0 aliphatic rings. The lowest BCUT2D eigenvalue weighted by atomic mass is 10.0. The fourth-order valence-electron chi connectivity index (χ4n) is 13.5. The summed E-state index contributed by atoms with van der Waals surface area (Å²) in [6.07, 6.45) is 112. The molecule has 0 heterocycles. The van der Waals surface area contributed by atoms with Crippen LogP contribution in [0.15, 0.2) is 0 Å². The molecule has 0 saturated carbocycles. The molecule has 0 saturated heterocycles. The third-order valence-electron chi connectivity index (χ3n) is 20.0. The van der Waals surface area contributed by atoms with E-state index in [2.05, 4.69) is 27.7 Å². The summed E-state index contributed by atoms with van der Waals surface area (Å²) in [5, 5.41) is 34.8. The Balaban J connectivity index is -0.000000561. The normalized spacial score (nSPS) is 11.2. The van der Waals surface area contributed by atoms with Crippen molar-refractivity contribution in [1.82, 2.24) is 0 Å². The molecule has 92 heavy (non-hydrogen) atoms. The average Bonchev–Trinajstić information content (AvgIpc) is 3.57. The zero-order chi connectivity index (χ0) is 67.4. The fraction of sp³-hybridized carbons (Fsp3) is 1.00. The zero-order valence-electron chi connectivity index (χ0n) is 65.2. The molecule has 0 radical (unpaired) electrons. The standard InChI is InChI=1S/4C22H46O/c4*1-2-3-4-5-6-7-8-9-10-11-12-13-14-15-16-17-18-19-20-21-22-23/h4*23H,2-22H2,1H3. The number of hydrogen-bond donors (Lipinski definition) is 4. The molecule has 0 aliphatic carbocycles. The van der Waals surface area contributed by atoms with Gasteiger partial charge in [0.15, 0.2) is 0 Å². The molecular weight excluding hydrogens is 1120 g/mol. The second-order valence-corrected chi connectivity index (χ2v) is 29.8. The van der Waals surface area contributed by atoms with Crippen molar-refractivity contribution >= 4 is 0 Å². The van der Waals surface area contributed by atoms with E-state index in [-0.39, 0.29) is 0 Å². The van der Waals surface area contributed by atoms with E-state index in [1.165, 1.54) is 488 Å². The molecule has 0 fully saturated rings. The summed E-state index contributed by atoms with van der Waals surface area (Å²) < 4.78 is 0. The Bertz CT molecular complexity index is 850. The van der Waals surface area contributed by atoms with Gasteiger partial charge in [0.2, 0.25) is 0 Å². The Labute approximate surface area is 585 Å². The van der Waals surface area contributed by atoms with E-state index in [0.717, 1.165) is 25.7 Å². The third-order valence-corrected chi connectivity index (χ3v) is 20.0. The van der Waals surface area contributed by atoms with Crippen LogP contribution in [0.4, 0.5) is 0 Å². The molecule has 0 spiro atoms. The van der Waals surface area contributed by atoms with Crippen molar-refractivity contribution in [2.75, 3.05) is 26.4 Å². The van der Waals surface area contributed by atoms with Crippen LogP contribution in [0.25, 0.3) is 0 Å². The summed E-state index contributed by atoms with van der Waals surface area (Å²) in [6.45, 7) is 10.7. The smallest absolute Gasteiger partial charge is 0.0431 e. The number of hydrogen-bond acceptors (Lipinski definition) is 4. The van der Waals surface area contributed by atoms with Gasteiger partial charge in [-0.3, -0.25) is 0 Å². The van der Waals surface area contributed by atoms with Crippen molar-refractivity contribution < 1.29 is 20.4 Å². The maximum absolute atomic E-state index is 8.71. The second kappa shape index (κ2) is 104. The first-order valence-corrected chi connectivity index (χ1v) is 44.1. The SMILES string of the molecule is CCCCCCCCCCCCCCCCCCCCCCO.CCCCCCCCCCCCCCCCCCCCCCO.CCCCCCCCCCCCCCCCCCCCCCO.CCCCCCCCCCCCCCCCCCCCCCO. The van der Waals surface area contributed by atoms with Crippen LogP contribution in [0.1, 0.15) is 541 Å². The van der Waals surface area contributed by atoms with E-state index in [1.54, 1.807) is 0 Å². The van der Waals surface area contributed by atoms with E-state index < -0.39 is 0 Å². The highest BCUT2D eigenvalue weighted by Gasteiger charge is 2.01. The molecule has 0 rings (SSSR count). The van der Waals surface area contributed by atoms with E-state index in [0.29, 0.717) is 26.4 Å². The van der Waals surface area contributed by atoms with Gasteiger partial charge in [-0.2, -0.15) is 0 Å². The second-order valence-electron chi connectivity index (χ2n) is 29.8. The fourth-order valence-corrected chi connectivity index (χ4v) is 13.5. The summed E-state index contributed by atoms with van der Waals surface area (Å²) >= 11 is 0. The van der Waals surface area contributed by atoms with Crippen molar-refractivity contribution in [3.8, 4) is 0 Å². The van der Waals surface area contributed by atoms with Gasteiger partial charge in [-0.25, -0.2) is 0 Å². The molecular formula is C88H184O4. The van der Waals surface area contributed by atoms with Gasteiger partial charge in [0.25, 0.3) is 0 Å². The summed E-state index contributed by atoms with van der Waals surface area (Å²) in [7, 11) is 0. The Hall–Kier alpha value is -0.160. The van der Waals surface area contributed by atoms with E-state index in [1.807, 2.05) is 0 Å². The molecule has 0 aromatic heterocycles. The Morgan fingerprint density at radius 2 is 0.141 bits per heavy atom. The van der Waals surface area contributed by atoms with Gasteiger partial charge in [0, 0.05) is 26.4 Å². The quantitative estimate of drug-likeness (QED) is 0.0458. The van der Waals surface area contributed by atoms with Gasteiger partial charge >= 0.3 is 0 Å². The first kappa shape index (κ1) is 98.2. The largest absolute Gasteiger partial charge is 0.396 e. The van der Waals surface area contributed by atoms with Crippen LogP contribution in [0.3, 0.4) is 0 Å². The van der Waals surface area contributed by atoms with Gasteiger partial charge in [-0.05, 0) is 25.7 Å². The number of unbranched alkanes of at least 4 members (excludes halogenated alkanes) is 76. The maximum atomic E-state index is 8.71. The zero-order valence-corrected chi connectivity index (χ0v) is 65.2. The minimum absolute atomic E-state index is 0.374. The molecule has 4 heteroatoms. The summed E-state index contributed by atoms with van der Waals surface area (Å²) in [6, 6.07) is 0. The summed E-state index contributed by atoms with van der Waals surface area (Å²) in [5.74, 6) is 0. The molecule has 0 aromatic rings. The van der Waals surface area contributed by atoms with Crippen LogP contribution >= 0.6 is 0 Å². The van der Waals surface area contributed by atoms with Crippen molar-refractivity contribution in [2.24, 2.45) is 0 Å². The van der Waals surface area contributed by atoms with Crippen molar-refractivity contribution in [1.29, 1.82) is 0 Å². The molecule has 0 aromatic carbocycles. The highest BCUT2D eigenvalue weighted by Crippen LogP contribution is 2.20. The average molecular weight is 1310 g/mol. The first-order valence-electron chi connectivity index (χ1n) is 44.1. The predicted octanol–water partition coefficient (Wildman–Crippen LogP) is 31.2. The lowest BCUT2D eigenvalue weighted by molar-refractivity contribution is 0.282. The highest BCUT2D eigenvalue weighted by atomic mass is 16.3. The maximum Gasteiger partial charge on any atom is 0.0431 e. The lowest BCUT2D eigenvalue weighted by Gasteiger charge is -2.03. The van der Waals surface area contributed by atoms with Gasteiger partial charge in [0.1, 0.15) is 0 Å². The molecule has 0 amide bonds. The molecule has 4 N–H and O–H groups in total. The molecule has 0 unspecified atom stereocenters. The highest BCUT2D eigenvalue weighted by molar-refractivity contribution is 4.56. The van der Waals surface area contributed by atoms with Crippen molar-refractivity contribution in [3.63, 3.8) is 0 Å². The summed E-state index contributed by atoms with van der Waals surface area (Å²) in [5.41, 5.74) is 0. The number of rotatable bonds is 80. The Morgan fingerprint density at radius 1 is 0.0870 bits per heavy atom. The molecule has 0 bridgehead atoms. The Morgan fingerprint density at radius 3 is 0.196 bits per heavy atom. The molecule has 4 nitrogen and oxygen atoms in total. The minimum atomic E-state index is 0.374. The van der Waals surface area contributed by atoms with Crippen LogP contribution in [0, 0.1) is 0 Å². The predicted molar refractivity (Wildman–Crippen MR) is 420 cm³/mol. The molecule has 0 aliphatic heterocycles. The molecule has 560 valence electrons. The van der Waals surface area contributed by atoms with E-state index in [9.17, 15) is 0 Å². The minimum Gasteiger partial charge on any atom is -0.396 e. The van der Waals surface area contributed by atoms with Gasteiger partial charge in [-0.1, -0.05) is 516 Å². The van der Waals surface area contributed by atoms with Crippen molar-refractivity contribution in [3.05, 3.63) is 0 Å². The number of aliphatic hydroxyl groups excluding tert-OH is 4. The lowest BCUT2D eigenvalue weighted by Crippen LogP contribution is -1.85. The first-order chi connectivity index (χ1) is 45.7. The van der Waals surface area contributed by atoms with Crippen molar-refractivity contribution in [2.45, 2.75) is 541 Å². The monoisotopic (exact) mass is 1310 g/mol. The van der Waals surface area contributed by atoms with Crippen LogP contribution in [-0.4, -0.2) is 46.9 Å². The summed E-state index contributed by atoms with van der Waals surface area (Å²) in [4.78, 5) is 0. The molecule has 0 atom stereocenters. The topological polar surface area (TPSA) is 80.9 Å². The van der Waals surface area contributed by atoms with Crippen LogP contribution < -0.4 is 0 Å².